The number of aromatic nitrogens is 6. The van der Waals surface area contributed by atoms with Gasteiger partial charge in [0, 0.05) is 18.9 Å². The number of primary amides is 1. The summed E-state index contributed by atoms with van der Waals surface area (Å²) in [7, 11) is 0. The van der Waals surface area contributed by atoms with Crippen LogP contribution in [0.5, 0.6) is 0 Å². The maximum absolute atomic E-state index is 11.3. The highest BCUT2D eigenvalue weighted by molar-refractivity contribution is 5.75. The molecule has 10 heteroatoms. The molecular weight excluding hydrogens is 374 g/mol. The van der Waals surface area contributed by atoms with Gasteiger partial charge < -0.3 is 10.8 Å². The number of hydrogen-bond acceptors (Lipinski definition) is 6. The van der Waals surface area contributed by atoms with Gasteiger partial charge in [-0.15, -0.1) is 0 Å². The number of hydrogen-bond donors (Lipinski definition) is 2. The molecule has 0 bridgehead atoms. The van der Waals surface area contributed by atoms with Gasteiger partial charge in [0.05, 0.1) is 13.0 Å². The van der Waals surface area contributed by atoms with Gasteiger partial charge in [-0.1, -0.05) is 30.3 Å². The second kappa shape index (κ2) is 9.58. The molecule has 1 aliphatic rings. The second-order valence-corrected chi connectivity index (χ2v) is 6.69. The third-order valence-corrected chi connectivity index (χ3v) is 4.70. The van der Waals surface area contributed by atoms with Crippen molar-refractivity contribution in [1.29, 1.82) is 0 Å². The van der Waals surface area contributed by atoms with Crippen LogP contribution in [0.3, 0.4) is 0 Å². The third kappa shape index (κ3) is 5.24. The number of nitrogens with zero attached hydrogens (tertiary/aromatic N) is 6. The molecule has 1 atom stereocenters. The number of benzene rings is 1. The summed E-state index contributed by atoms with van der Waals surface area (Å²) in [6.45, 7) is 1.20. The lowest BCUT2D eigenvalue weighted by Crippen LogP contribution is -2.23. The molecule has 10 nitrogen and oxygen atoms in total. The Morgan fingerprint density at radius 1 is 1.31 bits per heavy atom. The first-order valence-corrected chi connectivity index (χ1v) is 9.31. The van der Waals surface area contributed by atoms with E-state index in [1.165, 1.54) is 5.56 Å². The summed E-state index contributed by atoms with van der Waals surface area (Å²) < 4.78 is 3.86. The molecule has 2 aromatic heterocycles. The van der Waals surface area contributed by atoms with Crippen LogP contribution < -0.4 is 5.73 Å². The van der Waals surface area contributed by atoms with Gasteiger partial charge in [0.15, 0.2) is 5.82 Å². The first kappa shape index (κ1) is 20.2. The van der Waals surface area contributed by atoms with Gasteiger partial charge in [-0.25, -0.2) is 19.3 Å². The van der Waals surface area contributed by atoms with E-state index in [1.54, 1.807) is 6.33 Å². The van der Waals surface area contributed by atoms with E-state index in [0.717, 1.165) is 37.5 Å². The quantitative estimate of drug-likeness (QED) is 0.579. The van der Waals surface area contributed by atoms with Gasteiger partial charge in [-0.05, 0) is 18.4 Å². The minimum Gasteiger partial charge on any atom is -0.483 e. The number of amides is 1. The Morgan fingerprint density at radius 2 is 2.07 bits per heavy atom. The predicted octanol–water partition coefficient (Wildman–Crippen LogP) is 0.571. The lowest BCUT2D eigenvalue weighted by Gasteiger charge is -2.22. The van der Waals surface area contributed by atoms with E-state index in [4.69, 9.17) is 15.6 Å². The number of carbonyl (C=O) groups is 2. The van der Waals surface area contributed by atoms with Crippen molar-refractivity contribution in [2.24, 2.45) is 5.73 Å². The van der Waals surface area contributed by atoms with Gasteiger partial charge >= 0.3 is 0 Å². The van der Waals surface area contributed by atoms with E-state index in [-0.39, 0.29) is 18.8 Å². The molecule has 1 amide bonds. The minimum absolute atomic E-state index is 0.0621. The maximum atomic E-state index is 11.3. The first-order valence-electron chi connectivity index (χ1n) is 9.31. The molecule has 3 heterocycles. The number of fused-ring (bicyclic) bond motifs is 1. The van der Waals surface area contributed by atoms with Crippen LogP contribution in [0.2, 0.25) is 0 Å². The Kier molecular flexibility index (Phi) is 6.67. The summed E-state index contributed by atoms with van der Waals surface area (Å²) >= 11 is 0. The summed E-state index contributed by atoms with van der Waals surface area (Å²) in [5, 5.41) is 15.7. The van der Waals surface area contributed by atoms with Crippen LogP contribution in [0.15, 0.2) is 36.7 Å². The molecule has 29 heavy (non-hydrogen) atoms. The molecule has 1 aromatic carbocycles. The molecule has 4 rings (SSSR count). The number of carbonyl (C=O) groups excluding carboxylic acids is 1. The van der Waals surface area contributed by atoms with Crippen LogP contribution in [0.25, 0.3) is 0 Å². The lowest BCUT2D eigenvalue weighted by atomic mass is 9.99. The molecule has 0 aliphatic carbocycles. The smallest absolute Gasteiger partial charge is 0.290 e. The van der Waals surface area contributed by atoms with E-state index in [9.17, 15) is 4.79 Å². The third-order valence-electron chi connectivity index (χ3n) is 4.70. The van der Waals surface area contributed by atoms with Gasteiger partial charge in [-0.2, -0.15) is 10.2 Å². The maximum Gasteiger partial charge on any atom is 0.290 e. The lowest BCUT2D eigenvalue weighted by molar-refractivity contribution is -0.123. The van der Waals surface area contributed by atoms with E-state index >= 15 is 0 Å². The second-order valence-electron chi connectivity index (χ2n) is 6.69. The van der Waals surface area contributed by atoms with Crippen LogP contribution in [0.4, 0.5) is 0 Å². The monoisotopic (exact) mass is 397 g/mol. The highest BCUT2D eigenvalue weighted by Gasteiger charge is 2.26. The van der Waals surface area contributed by atoms with Crippen molar-refractivity contribution >= 4 is 12.4 Å². The summed E-state index contributed by atoms with van der Waals surface area (Å²) in [6, 6.07) is 10.3. The standard InChI is InChI=1S/C18H21N7O.CH2O2/c19-15(26)10-16-22-18(14-6-7-17-20-12-21-25(17)11-14)24(23-16)9-8-13-4-2-1-3-5-13;2-1-3/h1-5,12,14H,6-11H2,(H2,19,26);1H,(H,2,3). The number of nitrogens with two attached hydrogens (primary N) is 1. The van der Waals surface area contributed by atoms with Crippen molar-refractivity contribution in [2.45, 2.75) is 44.7 Å². The van der Waals surface area contributed by atoms with Gasteiger partial charge in [0.2, 0.25) is 5.91 Å². The minimum atomic E-state index is -0.418. The largest absolute Gasteiger partial charge is 0.483 e. The highest BCUT2D eigenvalue weighted by atomic mass is 16.3. The van der Waals surface area contributed by atoms with Crippen LogP contribution in [-0.2, 0) is 41.9 Å². The number of rotatable bonds is 6. The number of aryl methyl sites for hydroxylation is 3. The average molecular weight is 397 g/mol. The Bertz CT molecular complexity index is 952. The molecule has 1 unspecified atom stereocenters. The summed E-state index contributed by atoms with van der Waals surface area (Å²) in [6.07, 6.45) is 4.32. The van der Waals surface area contributed by atoms with Crippen molar-refractivity contribution in [2.75, 3.05) is 0 Å². The Balaban J connectivity index is 0.000000755. The van der Waals surface area contributed by atoms with Crippen molar-refractivity contribution in [3.8, 4) is 0 Å². The van der Waals surface area contributed by atoms with Gasteiger partial charge in [0.1, 0.15) is 18.0 Å². The first-order chi connectivity index (χ1) is 14.1. The summed E-state index contributed by atoms with van der Waals surface area (Å²) in [5.74, 6) is 2.19. The van der Waals surface area contributed by atoms with E-state index in [2.05, 4.69) is 32.3 Å². The average Bonchev–Trinajstić information content (AvgIpc) is 3.33. The van der Waals surface area contributed by atoms with Gasteiger partial charge in [0.25, 0.3) is 6.47 Å². The van der Waals surface area contributed by atoms with E-state index in [0.29, 0.717) is 12.4 Å². The fourth-order valence-electron chi connectivity index (χ4n) is 3.43. The zero-order valence-electron chi connectivity index (χ0n) is 15.9. The van der Waals surface area contributed by atoms with Crippen LogP contribution in [0, 0.1) is 0 Å². The zero-order valence-corrected chi connectivity index (χ0v) is 15.9. The Labute approximate surface area is 167 Å². The molecule has 0 radical (unpaired) electrons. The van der Waals surface area contributed by atoms with Crippen LogP contribution >= 0.6 is 0 Å². The van der Waals surface area contributed by atoms with E-state index < -0.39 is 5.91 Å². The topological polar surface area (TPSA) is 142 Å². The molecule has 0 saturated carbocycles. The molecule has 3 aromatic rings. The fraction of sp³-hybridized carbons (Fsp3) is 0.368. The molecule has 3 N–H and O–H groups in total. The molecular formula is C19H23N7O3. The molecule has 0 spiro atoms. The van der Waals surface area contributed by atoms with Crippen molar-refractivity contribution in [1.82, 2.24) is 29.5 Å². The predicted molar refractivity (Wildman–Crippen MR) is 103 cm³/mol. The molecule has 152 valence electrons. The Hall–Kier alpha value is -3.56. The summed E-state index contributed by atoms with van der Waals surface area (Å²) in [4.78, 5) is 28.6. The Morgan fingerprint density at radius 3 is 2.79 bits per heavy atom. The van der Waals surface area contributed by atoms with Crippen molar-refractivity contribution in [3.63, 3.8) is 0 Å². The summed E-state index contributed by atoms with van der Waals surface area (Å²) in [5.41, 5.74) is 6.57. The number of carboxylic acid groups (broad SMARTS) is 1. The molecule has 0 fully saturated rings. The zero-order chi connectivity index (χ0) is 20.6. The van der Waals surface area contributed by atoms with E-state index in [1.807, 2.05) is 27.6 Å². The van der Waals surface area contributed by atoms with Crippen LogP contribution in [0.1, 0.15) is 35.4 Å². The van der Waals surface area contributed by atoms with Gasteiger partial charge in [-0.3, -0.25) is 9.59 Å². The highest BCUT2D eigenvalue weighted by Crippen LogP contribution is 2.26. The normalized spacial score (nSPS) is 15.1. The van der Waals surface area contributed by atoms with Crippen molar-refractivity contribution in [3.05, 3.63) is 59.7 Å². The molecule has 0 saturated heterocycles. The fourth-order valence-corrected chi connectivity index (χ4v) is 3.43. The molecule has 1 aliphatic heterocycles. The van der Waals surface area contributed by atoms with Crippen LogP contribution in [-0.4, -0.2) is 47.0 Å². The SMILES string of the molecule is NC(=O)Cc1nc(C2CCc3ncnn3C2)n(CCc2ccccc2)n1.O=CO. The van der Waals surface area contributed by atoms with Crippen molar-refractivity contribution < 1.29 is 14.7 Å².